The maximum absolute atomic E-state index is 11.1. The van der Waals surface area contributed by atoms with Gasteiger partial charge in [0.25, 0.3) is 10.2 Å². The quantitative estimate of drug-likeness (QED) is 0.555. The van der Waals surface area contributed by atoms with Crippen molar-refractivity contribution in [2.45, 2.75) is 6.92 Å². The van der Waals surface area contributed by atoms with Crippen molar-refractivity contribution in [3.8, 4) is 0 Å². The van der Waals surface area contributed by atoms with E-state index in [-0.39, 0.29) is 0 Å². The third-order valence-electron chi connectivity index (χ3n) is 1.33. The van der Waals surface area contributed by atoms with Gasteiger partial charge in [-0.2, -0.15) is 12.7 Å². The Balaban J connectivity index is 4.25. The molecule has 5 nitrogen and oxygen atoms in total. The second kappa shape index (κ2) is 4.66. The Morgan fingerprint density at radius 2 is 2.09 bits per heavy atom. The zero-order chi connectivity index (χ0) is 8.91. The maximum atomic E-state index is 11.1. The molecule has 3 N–H and O–H groups in total. The Morgan fingerprint density at radius 3 is 2.36 bits per heavy atom. The van der Waals surface area contributed by atoms with Crippen LogP contribution in [0.2, 0.25) is 0 Å². The molecule has 68 valence electrons. The molecule has 6 heteroatoms. The fourth-order valence-corrected chi connectivity index (χ4v) is 1.67. The molecule has 11 heavy (non-hydrogen) atoms. The molecule has 0 saturated heterocycles. The highest BCUT2D eigenvalue weighted by Crippen LogP contribution is 1.93. The van der Waals surface area contributed by atoms with E-state index in [9.17, 15) is 8.42 Å². The van der Waals surface area contributed by atoms with E-state index in [2.05, 4.69) is 4.72 Å². The van der Waals surface area contributed by atoms with E-state index >= 15 is 0 Å². The predicted octanol–water partition coefficient (Wildman–Crippen LogP) is -1.27. The lowest BCUT2D eigenvalue weighted by molar-refractivity contribution is 0.429. The van der Waals surface area contributed by atoms with Gasteiger partial charge in [-0.1, -0.05) is 6.92 Å². The van der Waals surface area contributed by atoms with Crippen LogP contribution in [0, 0.1) is 0 Å². The Hall–Kier alpha value is -0.170. The third kappa shape index (κ3) is 3.15. The van der Waals surface area contributed by atoms with Crippen LogP contribution >= 0.6 is 0 Å². The largest absolute Gasteiger partial charge is 0.329 e. The van der Waals surface area contributed by atoms with E-state index in [4.69, 9.17) is 5.73 Å². The number of likely N-dealkylation sites (N-methyl/N-ethyl adjacent to an activating group) is 1. The highest BCUT2D eigenvalue weighted by molar-refractivity contribution is 7.87. The minimum atomic E-state index is -3.27. The van der Waals surface area contributed by atoms with Crippen molar-refractivity contribution in [1.29, 1.82) is 0 Å². The third-order valence-corrected chi connectivity index (χ3v) is 2.97. The minimum Gasteiger partial charge on any atom is -0.329 e. The van der Waals surface area contributed by atoms with Gasteiger partial charge < -0.3 is 5.73 Å². The molecule has 0 aromatic carbocycles. The average Bonchev–Trinajstić information content (AvgIpc) is 2.00. The van der Waals surface area contributed by atoms with Crippen LogP contribution in [0.15, 0.2) is 0 Å². The summed E-state index contributed by atoms with van der Waals surface area (Å²) >= 11 is 0. The van der Waals surface area contributed by atoms with Gasteiger partial charge in [0.1, 0.15) is 0 Å². The van der Waals surface area contributed by atoms with Gasteiger partial charge in [0.15, 0.2) is 0 Å². The van der Waals surface area contributed by atoms with Gasteiger partial charge in [-0.3, -0.25) is 0 Å². The molecule has 0 spiro atoms. The first-order chi connectivity index (χ1) is 5.08. The smallest absolute Gasteiger partial charge is 0.279 e. The van der Waals surface area contributed by atoms with E-state index in [1.165, 1.54) is 11.4 Å². The minimum absolute atomic E-state index is 0.342. The Morgan fingerprint density at radius 1 is 1.55 bits per heavy atom. The monoisotopic (exact) mass is 181 g/mol. The first kappa shape index (κ1) is 10.8. The molecule has 0 aromatic heterocycles. The van der Waals surface area contributed by atoms with Crippen LogP contribution in [0.5, 0.6) is 0 Å². The molecular formula is C5H15N3O2S. The molecule has 0 saturated carbocycles. The summed E-state index contributed by atoms with van der Waals surface area (Å²) in [6.07, 6.45) is 0. The standard InChI is InChI=1S/C5H15N3O2S/c1-3-8(5-4-6)11(9,10)7-2/h7H,3-6H2,1-2H3. The summed E-state index contributed by atoms with van der Waals surface area (Å²) in [5, 5.41) is 0. The average molecular weight is 181 g/mol. The molecule has 0 aliphatic rings. The molecule has 0 radical (unpaired) electrons. The fourth-order valence-electron chi connectivity index (χ4n) is 0.721. The van der Waals surface area contributed by atoms with Crippen molar-refractivity contribution in [3.05, 3.63) is 0 Å². The van der Waals surface area contributed by atoms with Crippen LogP contribution in [0.1, 0.15) is 6.92 Å². The zero-order valence-electron chi connectivity index (χ0n) is 6.87. The van der Waals surface area contributed by atoms with E-state index in [1.54, 1.807) is 6.92 Å². The topological polar surface area (TPSA) is 75.4 Å². The van der Waals surface area contributed by atoms with Crippen molar-refractivity contribution < 1.29 is 8.42 Å². The first-order valence-electron chi connectivity index (χ1n) is 3.47. The van der Waals surface area contributed by atoms with E-state index in [1.807, 2.05) is 0 Å². The van der Waals surface area contributed by atoms with E-state index in [0.29, 0.717) is 19.6 Å². The summed E-state index contributed by atoms with van der Waals surface area (Å²) in [6.45, 7) is 2.92. The van der Waals surface area contributed by atoms with Crippen LogP contribution < -0.4 is 10.5 Å². The summed E-state index contributed by atoms with van der Waals surface area (Å²) in [7, 11) is -1.89. The van der Waals surface area contributed by atoms with Crippen molar-refractivity contribution >= 4 is 10.2 Å². The number of nitrogens with zero attached hydrogens (tertiary/aromatic N) is 1. The molecule has 0 amide bonds. The van der Waals surface area contributed by atoms with Gasteiger partial charge in [0, 0.05) is 26.7 Å². The van der Waals surface area contributed by atoms with Crippen LogP contribution in [-0.4, -0.2) is 39.4 Å². The molecule has 0 unspecified atom stereocenters. The molecule has 0 aromatic rings. The summed E-state index contributed by atoms with van der Waals surface area (Å²) < 4.78 is 25.7. The molecule has 0 atom stereocenters. The van der Waals surface area contributed by atoms with Crippen LogP contribution in [0.25, 0.3) is 0 Å². The number of nitrogens with one attached hydrogen (secondary N) is 1. The van der Waals surface area contributed by atoms with Crippen LogP contribution in [0.3, 0.4) is 0 Å². The Kier molecular flexibility index (Phi) is 4.58. The second-order valence-corrected chi connectivity index (χ2v) is 3.86. The highest BCUT2D eigenvalue weighted by Gasteiger charge is 2.15. The Labute approximate surface area is 67.7 Å². The SMILES string of the molecule is CCN(CCN)S(=O)(=O)NC. The van der Waals surface area contributed by atoms with Gasteiger partial charge in [-0.25, -0.2) is 4.72 Å². The molecule has 0 aliphatic heterocycles. The van der Waals surface area contributed by atoms with Gasteiger partial charge in [0.2, 0.25) is 0 Å². The second-order valence-electron chi connectivity index (χ2n) is 1.99. The molecule has 0 heterocycles. The molecular weight excluding hydrogens is 166 g/mol. The lowest BCUT2D eigenvalue weighted by Gasteiger charge is -2.17. The lowest BCUT2D eigenvalue weighted by atomic mass is 10.6. The predicted molar refractivity (Wildman–Crippen MR) is 44.3 cm³/mol. The number of hydrogen-bond donors (Lipinski definition) is 2. The zero-order valence-corrected chi connectivity index (χ0v) is 7.69. The van der Waals surface area contributed by atoms with Crippen LogP contribution in [0.4, 0.5) is 0 Å². The van der Waals surface area contributed by atoms with Gasteiger partial charge >= 0.3 is 0 Å². The summed E-state index contributed by atoms with van der Waals surface area (Å²) in [4.78, 5) is 0. The molecule has 0 bridgehead atoms. The molecule has 0 fully saturated rings. The van der Waals surface area contributed by atoms with Crippen molar-refractivity contribution in [1.82, 2.24) is 9.03 Å². The van der Waals surface area contributed by atoms with Gasteiger partial charge in [-0.05, 0) is 0 Å². The number of nitrogens with two attached hydrogens (primary N) is 1. The van der Waals surface area contributed by atoms with Crippen molar-refractivity contribution in [2.24, 2.45) is 5.73 Å². The van der Waals surface area contributed by atoms with E-state index in [0.717, 1.165) is 0 Å². The number of hydrogen-bond acceptors (Lipinski definition) is 3. The first-order valence-corrected chi connectivity index (χ1v) is 4.91. The summed E-state index contributed by atoms with van der Waals surface area (Å²) in [5.74, 6) is 0. The normalized spacial score (nSPS) is 12.4. The maximum Gasteiger partial charge on any atom is 0.279 e. The van der Waals surface area contributed by atoms with Crippen molar-refractivity contribution in [3.63, 3.8) is 0 Å². The van der Waals surface area contributed by atoms with Crippen molar-refractivity contribution in [2.75, 3.05) is 26.7 Å². The summed E-state index contributed by atoms with van der Waals surface area (Å²) in [5.41, 5.74) is 5.22. The highest BCUT2D eigenvalue weighted by atomic mass is 32.2. The molecule has 0 aliphatic carbocycles. The molecule has 0 rings (SSSR count). The van der Waals surface area contributed by atoms with Gasteiger partial charge in [-0.15, -0.1) is 0 Å². The Bertz CT molecular complexity index is 190. The summed E-state index contributed by atoms with van der Waals surface area (Å²) in [6, 6.07) is 0. The number of rotatable bonds is 5. The van der Waals surface area contributed by atoms with Gasteiger partial charge in [0.05, 0.1) is 0 Å². The lowest BCUT2D eigenvalue weighted by Crippen LogP contribution is -2.41. The fraction of sp³-hybridized carbons (Fsp3) is 1.00. The van der Waals surface area contributed by atoms with E-state index < -0.39 is 10.2 Å². The van der Waals surface area contributed by atoms with Crippen LogP contribution in [-0.2, 0) is 10.2 Å².